The number of hydrogen-bond acceptors (Lipinski definition) is 3. The van der Waals surface area contributed by atoms with Crippen LogP contribution >= 0.6 is 24.0 Å². The molecule has 0 bridgehead atoms. The van der Waals surface area contributed by atoms with Gasteiger partial charge in [0.15, 0.2) is 5.96 Å². The first kappa shape index (κ1) is 22.5. The fourth-order valence-electron chi connectivity index (χ4n) is 2.94. The third-order valence-electron chi connectivity index (χ3n) is 4.62. The molecule has 23 heavy (non-hydrogen) atoms. The summed E-state index contributed by atoms with van der Waals surface area (Å²) < 4.78 is 5.11. The summed E-state index contributed by atoms with van der Waals surface area (Å²) in [4.78, 5) is 16.1. The quantitative estimate of drug-likeness (QED) is 0.277. The second-order valence-electron chi connectivity index (χ2n) is 6.08. The number of hydrogen-bond donors (Lipinski definition) is 2. The normalized spacial score (nSPS) is 21.5. The van der Waals surface area contributed by atoms with Crippen LogP contribution in [-0.4, -0.2) is 38.2 Å². The van der Waals surface area contributed by atoms with E-state index >= 15 is 0 Å². The van der Waals surface area contributed by atoms with Crippen LogP contribution in [0, 0.1) is 11.8 Å². The third-order valence-corrected chi connectivity index (χ3v) is 4.62. The van der Waals surface area contributed by atoms with Crippen molar-refractivity contribution in [3.8, 4) is 0 Å². The summed E-state index contributed by atoms with van der Waals surface area (Å²) in [5.74, 6) is 1.62. The van der Waals surface area contributed by atoms with Crippen molar-refractivity contribution < 1.29 is 9.53 Å². The number of carbonyl (C=O) groups is 1. The average Bonchev–Trinajstić information content (AvgIpc) is 2.55. The van der Waals surface area contributed by atoms with Gasteiger partial charge in [-0.15, -0.1) is 24.0 Å². The summed E-state index contributed by atoms with van der Waals surface area (Å²) in [6.45, 7) is 7.75. The zero-order valence-corrected chi connectivity index (χ0v) is 17.4. The third kappa shape index (κ3) is 8.22. The highest BCUT2D eigenvalue weighted by molar-refractivity contribution is 14.0. The SMILES string of the molecule is CCOC(=O)C1CCC(NC(=NC)NCC(CC)CC)CC1.I. The molecular weight excluding hydrogens is 405 g/mol. The number of aliphatic imine (C=N–C) groups is 1. The van der Waals surface area contributed by atoms with Gasteiger partial charge in [-0.05, 0) is 38.5 Å². The van der Waals surface area contributed by atoms with Crippen molar-refractivity contribution in [2.24, 2.45) is 16.8 Å². The van der Waals surface area contributed by atoms with E-state index < -0.39 is 0 Å². The Bertz CT molecular complexity index is 352. The summed E-state index contributed by atoms with van der Waals surface area (Å²) >= 11 is 0. The average molecular weight is 439 g/mol. The van der Waals surface area contributed by atoms with Crippen LogP contribution in [0.1, 0.15) is 59.3 Å². The smallest absolute Gasteiger partial charge is 0.308 e. The Labute approximate surface area is 158 Å². The molecule has 0 aromatic carbocycles. The van der Waals surface area contributed by atoms with Crippen molar-refractivity contribution >= 4 is 35.9 Å². The van der Waals surface area contributed by atoms with E-state index in [4.69, 9.17) is 4.74 Å². The lowest BCUT2D eigenvalue weighted by molar-refractivity contribution is -0.149. The first-order chi connectivity index (χ1) is 10.6. The second kappa shape index (κ2) is 12.8. The Kier molecular flexibility index (Phi) is 12.5. The highest BCUT2D eigenvalue weighted by Crippen LogP contribution is 2.25. The predicted molar refractivity (Wildman–Crippen MR) is 106 cm³/mol. The first-order valence-electron chi connectivity index (χ1n) is 8.78. The molecule has 0 aliphatic heterocycles. The monoisotopic (exact) mass is 439 g/mol. The number of nitrogens with one attached hydrogen (secondary N) is 2. The van der Waals surface area contributed by atoms with E-state index in [9.17, 15) is 4.79 Å². The molecule has 0 radical (unpaired) electrons. The van der Waals surface area contributed by atoms with E-state index in [1.807, 2.05) is 14.0 Å². The summed E-state index contributed by atoms with van der Waals surface area (Å²) in [6, 6.07) is 0.401. The molecule has 136 valence electrons. The number of halogens is 1. The minimum absolute atomic E-state index is 0. The molecule has 0 unspecified atom stereocenters. The van der Waals surface area contributed by atoms with Gasteiger partial charge >= 0.3 is 5.97 Å². The van der Waals surface area contributed by atoms with Gasteiger partial charge in [0.05, 0.1) is 12.5 Å². The molecule has 1 aliphatic rings. The van der Waals surface area contributed by atoms with Crippen LogP contribution in [0.15, 0.2) is 4.99 Å². The maximum atomic E-state index is 11.7. The molecule has 0 heterocycles. The molecule has 0 spiro atoms. The van der Waals surface area contributed by atoms with Crippen molar-refractivity contribution in [2.75, 3.05) is 20.2 Å². The highest BCUT2D eigenvalue weighted by Gasteiger charge is 2.27. The number of guanidine groups is 1. The molecule has 5 nitrogen and oxygen atoms in total. The Morgan fingerprint density at radius 2 is 1.78 bits per heavy atom. The molecular formula is C17H34IN3O2. The topological polar surface area (TPSA) is 62.7 Å². The maximum absolute atomic E-state index is 11.7. The van der Waals surface area contributed by atoms with Gasteiger partial charge < -0.3 is 15.4 Å². The van der Waals surface area contributed by atoms with E-state index in [-0.39, 0.29) is 35.9 Å². The van der Waals surface area contributed by atoms with Gasteiger partial charge in [-0.2, -0.15) is 0 Å². The largest absolute Gasteiger partial charge is 0.466 e. The van der Waals surface area contributed by atoms with Crippen molar-refractivity contribution in [3.05, 3.63) is 0 Å². The fraction of sp³-hybridized carbons (Fsp3) is 0.882. The van der Waals surface area contributed by atoms with Crippen LogP contribution in [0.2, 0.25) is 0 Å². The predicted octanol–water partition coefficient (Wildman–Crippen LogP) is 3.33. The number of ether oxygens (including phenoxy) is 1. The highest BCUT2D eigenvalue weighted by atomic mass is 127. The molecule has 0 aromatic heterocycles. The van der Waals surface area contributed by atoms with Gasteiger partial charge in [0.25, 0.3) is 0 Å². The van der Waals surface area contributed by atoms with Gasteiger partial charge in [-0.1, -0.05) is 26.7 Å². The number of rotatable bonds is 7. The van der Waals surface area contributed by atoms with Crippen LogP contribution in [-0.2, 0) is 9.53 Å². The lowest BCUT2D eigenvalue weighted by Gasteiger charge is -2.29. The Hall–Kier alpha value is -0.530. The molecule has 6 heteroatoms. The minimum atomic E-state index is -0.0304. The van der Waals surface area contributed by atoms with E-state index in [1.54, 1.807) is 0 Å². The summed E-state index contributed by atoms with van der Waals surface area (Å²) in [5, 5.41) is 6.91. The molecule has 1 saturated carbocycles. The van der Waals surface area contributed by atoms with Crippen molar-refractivity contribution in [2.45, 2.75) is 65.3 Å². The minimum Gasteiger partial charge on any atom is -0.466 e. The van der Waals surface area contributed by atoms with Crippen molar-refractivity contribution in [1.82, 2.24) is 10.6 Å². The van der Waals surface area contributed by atoms with Crippen LogP contribution in [0.3, 0.4) is 0 Å². The number of esters is 1. The lowest BCUT2D eigenvalue weighted by atomic mass is 9.86. The van der Waals surface area contributed by atoms with E-state index in [2.05, 4.69) is 29.5 Å². The zero-order chi connectivity index (χ0) is 16.4. The number of nitrogens with zero attached hydrogens (tertiary/aromatic N) is 1. The summed E-state index contributed by atoms with van der Waals surface area (Å²) in [7, 11) is 1.81. The van der Waals surface area contributed by atoms with Gasteiger partial charge in [0, 0.05) is 19.6 Å². The number of carbonyl (C=O) groups excluding carboxylic acids is 1. The molecule has 0 atom stereocenters. The molecule has 2 N–H and O–H groups in total. The van der Waals surface area contributed by atoms with Gasteiger partial charge in [-0.3, -0.25) is 9.79 Å². The van der Waals surface area contributed by atoms with E-state index in [0.29, 0.717) is 18.6 Å². The van der Waals surface area contributed by atoms with Crippen molar-refractivity contribution in [1.29, 1.82) is 0 Å². The molecule has 0 amide bonds. The van der Waals surface area contributed by atoms with Crippen molar-refractivity contribution in [3.63, 3.8) is 0 Å². The lowest BCUT2D eigenvalue weighted by Crippen LogP contribution is -2.46. The molecule has 0 saturated heterocycles. The second-order valence-corrected chi connectivity index (χ2v) is 6.08. The molecule has 0 aromatic rings. The maximum Gasteiger partial charge on any atom is 0.308 e. The standard InChI is InChI=1S/C17H33N3O2.HI/c1-5-13(6-2)12-19-17(18-4)20-15-10-8-14(9-11-15)16(21)22-7-3;/h13-15H,5-12H2,1-4H3,(H2,18,19,20);1H. The Morgan fingerprint density at radius 3 is 2.26 bits per heavy atom. The first-order valence-corrected chi connectivity index (χ1v) is 8.78. The molecule has 1 aliphatic carbocycles. The summed E-state index contributed by atoms with van der Waals surface area (Å²) in [6.07, 6.45) is 6.17. The van der Waals surface area contributed by atoms with E-state index in [0.717, 1.165) is 38.2 Å². The van der Waals surface area contributed by atoms with Crippen LogP contribution in [0.5, 0.6) is 0 Å². The zero-order valence-electron chi connectivity index (χ0n) is 15.1. The van der Waals surface area contributed by atoms with E-state index in [1.165, 1.54) is 12.8 Å². The molecule has 1 fully saturated rings. The van der Waals surface area contributed by atoms with Gasteiger partial charge in [-0.25, -0.2) is 0 Å². The summed E-state index contributed by atoms with van der Waals surface area (Å²) in [5.41, 5.74) is 0. The fourth-order valence-corrected chi connectivity index (χ4v) is 2.94. The van der Waals surface area contributed by atoms with Crippen LogP contribution < -0.4 is 10.6 Å². The van der Waals surface area contributed by atoms with Gasteiger partial charge in [0.1, 0.15) is 0 Å². The molecule has 1 rings (SSSR count). The van der Waals surface area contributed by atoms with Gasteiger partial charge in [0.2, 0.25) is 0 Å². The Morgan fingerprint density at radius 1 is 1.17 bits per heavy atom. The Balaban J connectivity index is 0.00000484. The van der Waals surface area contributed by atoms with Crippen LogP contribution in [0.25, 0.3) is 0 Å². The van der Waals surface area contributed by atoms with Crippen LogP contribution in [0.4, 0.5) is 0 Å².